The summed E-state index contributed by atoms with van der Waals surface area (Å²) in [4.78, 5) is 4.71. The van der Waals surface area contributed by atoms with Crippen LogP contribution in [0, 0.1) is 0 Å². The Morgan fingerprint density at radius 3 is 2.88 bits per heavy atom. The summed E-state index contributed by atoms with van der Waals surface area (Å²) in [6, 6.07) is 7.95. The summed E-state index contributed by atoms with van der Waals surface area (Å²) in [6.07, 6.45) is 3.97. The van der Waals surface area contributed by atoms with Gasteiger partial charge in [-0.05, 0) is 25.0 Å². The van der Waals surface area contributed by atoms with Crippen LogP contribution in [0.25, 0.3) is 10.6 Å². The smallest absolute Gasteiger partial charge is 0.123 e. The lowest BCUT2D eigenvalue weighted by Crippen LogP contribution is -2.08. The van der Waals surface area contributed by atoms with Crippen molar-refractivity contribution >= 4 is 17.0 Å². The molecule has 0 bridgehead atoms. The van der Waals surface area contributed by atoms with Gasteiger partial charge in [0.25, 0.3) is 0 Å². The number of hydrogen-bond donors (Lipinski definition) is 1. The molecule has 1 aromatic carbocycles. The molecule has 1 heterocycles. The molecule has 1 aliphatic rings. The summed E-state index contributed by atoms with van der Waals surface area (Å²) >= 11 is 1.72. The molecule has 0 saturated heterocycles. The van der Waals surface area contributed by atoms with Crippen LogP contribution in [0.15, 0.2) is 29.6 Å². The summed E-state index contributed by atoms with van der Waals surface area (Å²) < 4.78 is 0. The first-order valence-electron chi connectivity index (χ1n) is 5.64. The molecular weight excluding hydrogens is 216 g/mol. The third kappa shape index (κ3) is 1.71. The van der Waals surface area contributed by atoms with Gasteiger partial charge in [0, 0.05) is 22.5 Å². The predicted molar refractivity (Wildman–Crippen MR) is 68.6 cm³/mol. The molecular formula is C13H14N2S. The van der Waals surface area contributed by atoms with Gasteiger partial charge in [0.2, 0.25) is 0 Å². The van der Waals surface area contributed by atoms with E-state index in [1.165, 1.54) is 25.0 Å². The first kappa shape index (κ1) is 9.85. The zero-order chi connectivity index (χ0) is 11.0. The number of thiazole rings is 1. The number of benzene rings is 1. The predicted octanol–water partition coefficient (Wildman–Crippen LogP) is 3.66. The molecule has 0 atom stereocenters. The van der Waals surface area contributed by atoms with Crippen molar-refractivity contribution in [2.45, 2.75) is 25.2 Å². The highest BCUT2D eigenvalue weighted by molar-refractivity contribution is 7.13. The molecule has 82 valence electrons. The molecule has 0 spiro atoms. The molecule has 1 fully saturated rings. The van der Waals surface area contributed by atoms with E-state index in [1.807, 2.05) is 18.2 Å². The zero-order valence-corrected chi connectivity index (χ0v) is 9.83. The van der Waals surface area contributed by atoms with E-state index in [9.17, 15) is 0 Å². The molecule has 3 heteroatoms. The van der Waals surface area contributed by atoms with Crippen LogP contribution in [-0.2, 0) is 0 Å². The maximum atomic E-state index is 5.78. The van der Waals surface area contributed by atoms with Crippen molar-refractivity contribution in [1.82, 2.24) is 4.98 Å². The zero-order valence-electron chi connectivity index (χ0n) is 9.02. The van der Waals surface area contributed by atoms with Crippen molar-refractivity contribution in [3.63, 3.8) is 0 Å². The Hall–Kier alpha value is -1.35. The van der Waals surface area contributed by atoms with Crippen LogP contribution < -0.4 is 5.73 Å². The first-order chi connectivity index (χ1) is 7.83. The van der Waals surface area contributed by atoms with Gasteiger partial charge in [-0.3, -0.25) is 0 Å². The molecule has 2 N–H and O–H groups in total. The summed E-state index contributed by atoms with van der Waals surface area (Å²) in [5.74, 6) is 0.714. The van der Waals surface area contributed by atoms with Crippen LogP contribution in [-0.4, -0.2) is 4.98 Å². The number of aromatic nitrogens is 1. The number of rotatable bonds is 2. The van der Waals surface area contributed by atoms with Crippen LogP contribution in [0.2, 0.25) is 0 Å². The second-order valence-electron chi connectivity index (χ2n) is 4.33. The standard InChI is InChI=1S/C13H14N2S/c14-11-6-2-5-10(7-11)13-15-12(8-16-13)9-3-1-4-9/h2,5-9H,1,3-4,14H2. The van der Waals surface area contributed by atoms with Crippen molar-refractivity contribution in [2.75, 3.05) is 5.73 Å². The maximum absolute atomic E-state index is 5.78. The van der Waals surface area contributed by atoms with Gasteiger partial charge in [0.1, 0.15) is 5.01 Å². The summed E-state index contributed by atoms with van der Waals surface area (Å²) in [7, 11) is 0. The topological polar surface area (TPSA) is 38.9 Å². The number of anilines is 1. The minimum absolute atomic E-state index is 0.714. The molecule has 3 rings (SSSR count). The highest BCUT2D eigenvalue weighted by atomic mass is 32.1. The van der Waals surface area contributed by atoms with Crippen LogP contribution in [0.4, 0.5) is 5.69 Å². The summed E-state index contributed by atoms with van der Waals surface area (Å²) in [5, 5.41) is 3.29. The lowest BCUT2D eigenvalue weighted by Gasteiger charge is -2.22. The van der Waals surface area contributed by atoms with Crippen LogP contribution in [0.1, 0.15) is 30.9 Å². The second-order valence-corrected chi connectivity index (χ2v) is 5.19. The van der Waals surface area contributed by atoms with Crippen LogP contribution in [0.5, 0.6) is 0 Å². The second kappa shape index (κ2) is 3.91. The van der Waals surface area contributed by atoms with Crippen molar-refractivity contribution in [3.8, 4) is 10.6 Å². The Kier molecular flexibility index (Phi) is 2.40. The minimum Gasteiger partial charge on any atom is -0.399 e. The lowest BCUT2D eigenvalue weighted by atomic mass is 9.83. The quantitative estimate of drug-likeness (QED) is 0.800. The van der Waals surface area contributed by atoms with Gasteiger partial charge < -0.3 is 5.73 Å². The van der Waals surface area contributed by atoms with Crippen molar-refractivity contribution in [2.24, 2.45) is 0 Å². The van der Waals surface area contributed by atoms with Crippen molar-refractivity contribution in [3.05, 3.63) is 35.3 Å². The van der Waals surface area contributed by atoms with Crippen LogP contribution in [0.3, 0.4) is 0 Å². The Morgan fingerprint density at radius 1 is 1.31 bits per heavy atom. The average molecular weight is 230 g/mol. The molecule has 16 heavy (non-hydrogen) atoms. The molecule has 0 aliphatic heterocycles. The third-order valence-corrected chi connectivity index (χ3v) is 4.09. The molecule has 1 aliphatic carbocycles. The lowest BCUT2D eigenvalue weighted by molar-refractivity contribution is 0.413. The van der Waals surface area contributed by atoms with E-state index in [1.54, 1.807) is 11.3 Å². The number of nitrogen functional groups attached to an aromatic ring is 1. The molecule has 0 unspecified atom stereocenters. The first-order valence-corrected chi connectivity index (χ1v) is 6.52. The van der Waals surface area contributed by atoms with E-state index in [0.717, 1.165) is 16.3 Å². The molecule has 2 aromatic rings. The molecule has 1 aromatic heterocycles. The van der Waals surface area contributed by atoms with Crippen LogP contribution >= 0.6 is 11.3 Å². The molecule has 0 radical (unpaired) electrons. The van der Waals surface area contributed by atoms with Gasteiger partial charge >= 0.3 is 0 Å². The van der Waals surface area contributed by atoms with E-state index < -0.39 is 0 Å². The number of hydrogen-bond acceptors (Lipinski definition) is 3. The van der Waals surface area contributed by atoms with Gasteiger partial charge in [0.15, 0.2) is 0 Å². The largest absolute Gasteiger partial charge is 0.399 e. The van der Waals surface area contributed by atoms with E-state index in [4.69, 9.17) is 10.7 Å². The van der Waals surface area contributed by atoms with Gasteiger partial charge in [-0.25, -0.2) is 4.98 Å². The summed E-state index contributed by atoms with van der Waals surface area (Å²) in [5.41, 5.74) is 8.99. The van der Waals surface area contributed by atoms with Gasteiger partial charge in [0.05, 0.1) is 5.69 Å². The van der Waals surface area contributed by atoms with E-state index in [2.05, 4.69) is 11.4 Å². The maximum Gasteiger partial charge on any atom is 0.123 e. The number of nitrogens with two attached hydrogens (primary N) is 1. The Bertz CT molecular complexity index is 500. The van der Waals surface area contributed by atoms with Gasteiger partial charge in [-0.15, -0.1) is 11.3 Å². The average Bonchev–Trinajstić information content (AvgIpc) is 2.64. The van der Waals surface area contributed by atoms with Crippen molar-refractivity contribution in [1.29, 1.82) is 0 Å². The summed E-state index contributed by atoms with van der Waals surface area (Å²) in [6.45, 7) is 0. The fourth-order valence-electron chi connectivity index (χ4n) is 1.98. The third-order valence-electron chi connectivity index (χ3n) is 3.18. The fraction of sp³-hybridized carbons (Fsp3) is 0.308. The molecule has 0 amide bonds. The fourth-order valence-corrected chi connectivity index (χ4v) is 2.88. The Morgan fingerprint density at radius 2 is 2.19 bits per heavy atom. The monoisotopic (exact) mass is 230 g/mol. The Balaban J connectivity index is 1.91. The molecule has 2 nitrogen and oxygen atoms in total. The highest BCUT2D eigenvalue weighted by Gasteiger charge is 2.22. The Labute approximate surface area is 99.1 Å². The van der Waals surface area contributed by atoms with Gasteiger partial charge in [-0.2, -0.15) is 0 Å². The SMILES string of the molecule is Nc1cccc(-c2nc(C3CCC3)cs2)c1. The normalized spacial score (nSPS) is 16.0. The van der Waals surface area contributed by atoms with Gasteiger partial charge in [-0.1, -0.05) is 18.6 Å². The molecule has 1 saturated carbocycles. The number of nitrogens with zero attached hydrogens (tertiary/aromatic N) is 1. The van der Waals surface area contributed by atoms with E-state index >= 15 is 0 Å². The van der Waals surface area contributed by atoms with Crippen molar-refractivity contribution < 1.29 is 0 Å². The minimum atomic E-state index is 0.714. The highest BCUT2D eigenvalue weighted by Crippen LogP contribution is 2.38. The van der Waals surface area contributed by atoms with E-state index in [-0.39, 0.29) is 0 Å². The van der Waals surface area contributed by atoms with E-state index in [0.29, 0.717) is 5.92 Å².